The van der Waals surface area contributed by atoms with Crippen molar-refractivity contribution in [3.8, 4) is 0 Å². The summed E-state index contributed by atoms with van der Waals surface area (Å²) >= 11 is 1.89. The van der Waals surface area contributed by atoms with Crippen LogP contribution in [0.1, 0.15) is 19.8 Å². The summed E-state index contributed by atoms with van der Waals surface area (Å²) in [5.74, 6) is 1.20. The van der Waals surface area contributed by atoms with Crippen LogP contribution in [-0.2, 0) is 0 Å². The van der Waals surface area contributed by atoms with Crippen LogP contribution in [0.4, 0.5) is 0 Å². The maximum Gasteiger partial charge on any atom is 0.0129 e. The highest BCUT2D eigenvalue weighted by Crippen LogP contribution is 1.96. The molecule has 0 amide bonds. The first-order valence-electron chi connectivity index (χ1n) is 4.14. The number of allylic oxidation sites excluding steroid dienone is 1. The fourth-order valence-electron chi connectivity index (χ4n) is 0.904. The van der Waals surface area contributed by atoms with E-state index >= 15 is 0 Å². The molecule has 0 bridgehead atoms. The van der Waals surface area contributed by atoms with Gasteiger partial charge in [-0.15, -0.1) is 6.58 Å². The van der Waals surface area contributed by atoms with Gasteiger partial charge in [0.1, 0.15) is 0 Å². The first-order valence-corrected chi connectivity index (χ1v) is 5.54. The molecule has 2 heteroatoms. The van der Waals surface area contributed by atoms with Gasteiger partial charge in [0.05, 0.1) is 0 Å². The molecule has 1 atom stereocenters. The third kappa shape index (κ3) is 7.95. The zero-order chi connectivity index (χ0) is 8.53. The minimum absolute atomic E-state index is 0.648. The van der Waals surface area contributed by atoms with Crippen LogP contribution in [0.3, 0.4) is 0 Å². The van der Waals surface area contributed by atoms with Crippen LogP contribution in [0.2, 0.25) is 0 Å². The van der Waals surface area contributed by atoms with Gasteiger partial charge in [-0.3, -0.25) is 0 Å². The largest absolute Gasteiger partial charge is 0.313 e. The highest BCUT2D eigenvalue weighted by molar-refractivity contribution is 7.98. The van der Waals surface area contributed by atoms with E-state index in [1.165, 1.54) is 12.2 Å². The van der Waals surface area contributed by atoms with Crippen molar-refractivity contribution in [1.82, 2.24) is 5.32 Å². The van der Waals surface area contributed by atoms with Crippen molar-refractivity contribution in [2.75, 3.05) is 18.6 Å². The van der Waals surface area contributed by atoms with E-state index in [2.05, 4.69) is 25.1 Å². The second-order valence-electron chi connectivity index (χ2n) is 2.74. The lowest BCUT2D eigenvalue weighted by atomic mass is 10.3. The van der Waals surface area contributed by atoms with Crippen LogP contribution in [0.15, 0.2) is 12.7 Å². The van der Waals surface area contributed by atoms with Gasteiger partial charge in [0.2, 0.25) is 0 Å². The van der Waals surface area contributed by atoms with Crippen molar-refractivity contribution < 1.29 is 0 Å². The van der Waals surface area contributed by atoms with E-state index in [4.69, 9.17) is 0 Å². The molecule has 0 fully saturated rings. The average Bonchev–Trinajstić information content (AvgIpc) is 1.99. The Bertz CT molecular complexity index is 93.6. The van der Waals surface area contributed by atoms with E-state index in [0.29, 0.717) is 6.04 Å². The number of hydrogen-bond donors (Lipinski definition) is 1. The maximum atomic E-state index is 3.68. The van der Waals surface area contributed by atoms with Crippen LogP contribution >= 0.6 is 11.8 Å². The van der Waals surface area contributed by atoms with Crippen molar-refractivity contribution in [1.29, 1.82) is 0 Å². The summed E-state index contributed by atoms with van der Waals surface area (Å²) in [5.41, 5.74) is 0. The molecule has 0 rings (SSSR count). The fourth-order valence-corrected chi connectivity index (χ4v) is 1.52. The third-order valence-corrected chi connectivity index (χ3v) is 2.33. The van der Waals surface area contributed by atoms with Crippen LogP contribution in [0, 0.1) is 0 Å². The van der Waals surface area contributed by atoms with Crippen molar-refractivity contribution in [3.05, 3.63) is 12.7 Å². The van der Waals surface area contributed by atoms with Gasteiger partial charge in [-0.2, -0.15) is 11.8 Å². The van der Waals surface area contributed by atoms with Crippen LogP contribution in [-0.4, -0.2) is 24.6 Å². The molecule has 0 radical (unpaired) electrons. The molecule has 0 saturated heterocycles. The van der Waals surface area contributed by atoms with E-state index in [0.717, 1.165) is 13.0 Å². The Balaban J connectivity index is 3.03. The molecule has 66 valence electrons. The quantitative estimate of drug-likeness (QED) is 0.468. The predicted octanol–water partition coefficient (Wildman–Crippen LogP) is 2.29. The highest BCUT2D eigenvalue weighted by atomic mass is 32.2. The predicted molar refractivity (Wildman–Crippen MR) is 55.3 cm³/mol. The average molecular weight is 173 g/mol. The third-order valence-electron chi connectivity index (χ3n) is 1.49. The number of rotatable bonds is 7. The van der Waals surface area contributed by atoms with Gasteiger partial charge >= 0.3 is 0 Å². The Morgan fingerprint density at radius 1 is 1.64 bits per heavy atom. The van der Waals surface area contributed by atoms with Crippen molar-refractivity contribution in [2.45, 2.75) is 25.8 Å². The Kier molecular flexibility index (Phi) is 8.19. The summed E-state index contributed by atoms with van der Waals surface area (Å²) in [5, 5.41) is 3.45. The normalized spacial score (nSPS) is 12.9. The molecular formula is C9H19NS. The monoisotopic (exact) mass is 173 g/mol. The number of thioether (sulfide) groups is 1. The van der Waals surface area contributed by atoms with Crippen molar-refractivity contribution in [2.24, 2.45) is 0 Å². The maximum absolute atomic E-state index is 3.68. The standard InChI is InChI=1S/C9H19NS/c1-4-5-6-7-10-9(2)8-11-3/h4,9-10H,1,5-8H2,2-3H3. The van der Waals surface area contributed by atoms with Gasteiger partial charge in [0.15, 0.2) is 0 Å². The smallest absolute Gasteiger partial charge is 0.0129 e. The zero-order valence-electron chi connectivity index (χ0n) is 7.60. The first kappa shape index (κ1) is 11.1. The molecule has 1 N–H and O–H groups in total. The molecule has 1 nitrogen and oxygen atoms in total. The minimum atomic E-state index is 0.648. The molecule has 0 aliphatic rings. The topological polar surface area (TPSA) is 12.0 Å². The highest BCUT2D eigenvalue weighted by Gasteiger charge is 1.96. The van der Waals surface area contributed by atoms with Gasteiger partial charge < -0.3 is 5.32 Å². The molecule has 0 aromatic carbocycles. The van der Waals surface area contributed by atoms with Gasteiger partial charge in [-0.1, -0.05) is 6.08 Å². The first-order chi connectivity index (χ1) is 5.31. The number of hydrogen-bond acceptors (Lipinski definition) is 2. The van der Waals surface area contributed by atoms with Crippen LogP contribution < -0.4 is 5.32 Å². The zero-order valence-corrected chi connectivity index (χ0v) is 8.41. The lowest BCUT2D eigenvalue weighted by Gasteiger charge is -2.10. The Morgan fingerprint density at radius 3 is 2.91 bits per heavy atom. The second kappa shape index (κ2) is 8.15. The SMILES string of the molecule is C=CCCCNC(C)CSC. The van der Waals surface area contributed by atoms with Gasteiger partial charge in [-0.05, 0) is 32.6 Å². The summed E-state index contributed by atoms with van der Waals surface area (Å²) in [7, 11) is 0. The minimum Gasteiger partial charge on any atom is -0.313 e. The lowest BCUT2D eigenvalue weighted by molar-refractivity contribution is 0.579. The van der Waals surface area contributed by atoms with Crippen LogP contribution in [0.25, 0.3) is 0 Å². The lowest BCUT2D eigenvalue weighted by Crippen LogP contribution is -2.28. The molecule has 0 heterocycles. The molecule has 0 spiro atoms. The molecule has 0 aromatic rings. The molecule has 0 aliphatic heterocycles. The van der Waals surface area contributed by atoms with E-state index < -0.39 is 0 Å². The van der Waals surface area contributed by atoms with Gasteiger partial charge in [0, 0.05) is 11.8 Å². The van der Waals surface area contributed by atoms with E-state index in [1.54, 1.807) is 0 Å². The Labute approximate surface area is 74.6 Å². The van der Waals surface area contributed by atoms with Crippen molar-refractivity contribution in [3.63, 3.8) is 0 Å². The molecule has 0 saturated carbocycles. The molecular weight excluding hydrogens is 154 g/mol. The van der Waals surface area contributed by atoms with E-state index in [1.807, 2.05) is 17.8 Å². The molecule has 1 unspecified atom stereocenters. The summed E-state index contributed by atoms with van der Waals surface area (Å²) in [6, 6.07) is 0.648. The molecule has 0 aromatic heterocycles. The molecule has 0 aliphatic carbocycles. The second-order valence-corrected chi connectivity index (χ2v) is 3.65. The van der Waals surface area contributed by atoms with E-state index in [9.17, 15) is 0 Å². The fraction of sp³-hybridized carbons (Fsp3) is 0.778. The van der Waals surface area contributed by atoms with Crippen LogP contribution in [0.5, 0.6) is 0 Å². The van der Waals surface area contributed by atoms with Gasteiger partial charge in [-0.25, -0.2) is 0 Å². The summed E-state index contributed by atoms with van der Waals surface area (Å²) in [6.07, 6.45) is 6.45. The summed E-state index contributed by atoms with van der Waals surface area (Å²) in [4.78, 5) is 0. The van der Waals surface area contributed by atoms with E-state index in [-0.39, 0.29) is 0 Å². The number of nitrogens with one attached hydrogen (secondary N) is 1. The molecule has 11 heavy (non-hydrogen) atoms. The van der Waals surface area contributed by atoms with Crippen molar-refractivity contribution >= 4 is 11.8 Å². The Hall–Kier alpha value is 0.0500. The summed E-state index contributed by atoms with van der Waals surface area (Å²) in [6.45, 7) is 7.03. The Morgan fingerprint density at radius 2 is 2.36 bits per heavy atom. The number of unbranched alkanes of at least 4 members (excludes halogenated alkanes) is 1. The summed E-state index contributed by atoms with van der Waals surface area (Å²) < 4.78 is 0. The van der Waals surface area contributed by atoms with Gasteiger partial charge in [0.25, 0.3) is 0 Å².